The van der Waals surface area contributed by atoms with Crippen LogP contribution in [0.5, 0.6) is 0 Å². The van der Waals surface area contributed by atoms with Gasteiger partial charge in [-0.1, -0.05) is 10.7 Å². The normalized spacial score (nSPS) is 19.4. The number of nitrogens with zero attached hydrogens (tertiary/aromatic N) is 1. The van der Waals surface area contributed by atoms with E-state index < -0.39 is 14.2 Å². The zero-order chi connectivity index (χ0) is 13.2. The predicted octanol–water partition coefficient (Wildman–Crippen LogP) is 3.53. The van der Waals surface area contributed by atoms with E-state index in [4.69, 9.17) is 10.7 Å². The number of benzene rings is 1. The first kappa shape index (κ1) is 13.4. The Morgan fingerprint density at radius 2 is 1.83 bits per heavy atom. The van der Waals surface area contributed by atoms with Gasteiger partial charge in [0.15, 0.2) is 5.78 Å². The molecule has 0 amide bonds. The lowest BCUT2D eigenvalue weighted by Gasteiger charge is -2.25. The Morgan fingerprint density at radius 1 is 1.28 bits per heavy atom. The molecule has 18 heavy (non-hydrogen) atoms. The van der Waals surface area contributed by atoms with Crippen molar-refractivity contribution in [1.82, 2.24) is 0 Å². The minimum Gasteiger partial charge on any atom is -0.293 e. The second kappa shape index (κ2) is 5.28. The van der Waals surface area contributed by atoms with Crippen LogP contribution < -0.4 is 0 Å². The molecule has 0 saturated carbocycles. The number of carbonyl (C=O) groups excluding carboxylic acids is 1. The molecule has 1 fully saturated rings. The number of nitro groups is 1. The van der Waals surface area contributed by atoms with Gasteiger partial charge >= 0.3 is 0 Å². The van der Waals surface area contributed by atoms with Gasteiger partial charge in [-0.15, -0.1) is 0 Å². The molecule has 0 aliphatic carbocycles. The molecule has 0 atom stereocenters. The number of hydrogen-bond acceptors (Lipinski definition) is 3. The van der Waals surface area contributed by atoms with Crippen LogP contribution in [-0.2, 0) is 0 Å². The zero-order valence-corrected chi connectivity index (χ0v) is 11.4. The molecule has 0 spiro atoms. The van der Waals surface area contributed by atoms with E-state index in [9.17, 15) is 14.9 Å². The van der Waals surface area contributed by atoms with E-state index in [1.807, 2.05) is 0 Å². The Hall–Kier alpha value is -1.07. The molecule has 98 valence electrons. The lowest BCUT2D eigenvalue weighted by atomic mass is 10.1. The van der Waals surface area contributed by atoms with Crippen molar-refractivity contribution in [2.45, 2.75) is 12.8 Å². The number of nitro benzene ring substituents is 1. The fourth-order valence-corrected chi connectivity index (χ4v) is 5.58. The molecule has 1 aliphatic heterocycles. The SMILES string of the molecule is O=C(CS1(Cl)CCCC1)c1ccc([N+](=O)[O-])cc1. The topological polar surface area (TPSA) is 60.2 Å². The van der Waals surface area contributed by atoms with E-state index in [-0.39, 0.29) is 11.5 Å². The fraction of sp³-hybridized carbons (Fsp3) is 0.417. The third kappa shape index (κ3) is 3.03. The zero-order valence-electron chi connectivity index (χ0n) is 9.80. The maximum absolute atomic E-state index is 12.1. The first-order chi connectivity index (χ1) is 8.50. The predicted molar refractivity (Wildman–Crippen MR) is 74.7 cm³/mol. The van der Waals surface area contributed by atoms with Gasteiger partial charge in [0.2, 0.25) is 0 Å². The number of ketones is 1. The lowest BCUT2D eigenvalue weighted by molar-refractivity contribution is -0.384. The van der Waals surface area contributed by atoms with Crippen molar-refractivity contribution in [2.75, 3.05) is 17.3 Å². The van der Waals surface area contributed by atoms with Gasteiger partial charge < -0.3 is 0 Å². The number of carbonyl (C=O) groups is 1. The summed E-state index contributed by atoms with van der Waals surface area (Å²) in [6.07, 6.45) is 2.21. The highest BCUT2D eigenvalue weighted by atomic mass is 35.7. The van der Waals surface area contributed by atoms with Gasteiger partial charge in [-0.25, -0.2) is 0 Å². The van der Waals surface area contributed by atoms with Gasteiger partial charge in [0.25, 0.3) is 5.69 Å². The van der Waals surface area contributed by atoms with Crippen molar-refractivity contribution in [3.05, 3.63) is 39.9 Å². The molecule has 1 aliphatic rings. The molecule has 0 aromatic heterocycles. The highest BCUT2D eigenvalue weighted by molar-refractivity contribution is 8.51. The quantitative estimate of drug-likeness (QED) is 0.483. The second-order valence-electron chi connectivity index (χ2n) is 4.43. The van der Waals surface area contributed by atoms with Gasteiger partial charge in [0.1, 0.15) is 0 Å². The Bertz CT molecular complexity index is 469. The van der Waals surface area contributed by atoms with E-state index in [2.05, 4.69) is 0 Å². The van der Waals surface area contributed by atoms with Gasteiger partial charge in [0.05, 0.1) is 10.7 Å². The molecular weight excluding hydrogens is 274 g/mol. The maximum Gasteiger partial charge on any atom is 0.269 e. The monoisotopic (exact) mass is 287 g/mol. The smallest absolute Gasteiger partial charge is 0.269 e. The molecule has 0 bridgehead atoms. The van der Waals surface area contributed by atoms with Gasteiger partial charge in [-0.05, 0) is 36.5 Å². The van der Waals surface area contributed by atoms with E-state index in [0.29, 0.717) is 11.3 Å². The van der Waals surface area contributed by atoms with Crippen LogP contribution in [-0.4, -0.2) is 28.0 Å². The number of Topliss-reactive ketones (excluding diaryl/α,β-unsaturated/α-hetero) is 1. The van der Waals surface area contributed by atoms with Gasteiger partial charge in [-0.3, -0.25) is 14.9 Å². The summed E-state index contributed by atoms with van der Waals surface area (Å²) in [5.41, 5.74) is 0.514. The van der Waals surface area contributed by atoms with Crippen LogP contribution in [0.4, 0.5) is 5.69 Å². The lowest BCUT2D eigenvalue weighted by Crippen LogP contribution is -2.11. The van der Waals surface area contributed by atoms with Crippen LogP contribution in [0.1, 0.15) is 23.2 Å². The molecule has 1 aromatic carbocycles. The van der Waals surface area contributed by atoms with Crippen LogP contribution in [0.15, 0.2) is 24.3 Å². The maximum atomic E-state index is 12.1. The number of hydrogen-bond donors (Lipinski definition) is 0. The minimum atomic E-state index is -1.29. The summed E-state index contributed by atoms with van der Waals surface area (Å²) in [4.78, 5) is 22.1. The third-order valence-corrected chi connectivity index (χ3v) is 7.13. The second-order valence-corrected chi connectivity index (χ2v) is 9.38. The number of rotatable bonds is 4. The van der Waals surface area contributed by atoms with Crippen molar-refractivity contribution in [2.24, 2.45) is 0 Å². The number of non-ortho nitro benzene ring substituents is 1. The van der Waals surface area contributed by atoms with Crippen molar-refractivity contribution in [1.29, 1.82) is 0 Å². The van der Waals surface area contributed by atoms with Crippen LogP contribution >= 0.6 is 19.9 Å². The summed E-state index contributed by atoms with van der Waals surface area (Å²) in [5.74, 6) is 2.30. The Kier molecular flexibility index (Phi) is 3.92. The Morgan fingerprint density at radius 3 is 2.33 bits per heavy atom. The van der Waals surface area contributed by atoms with Crippen molar-refractivity contribution >= 4 is 31.4 Å². The van der Waals surface area contributed by atoms with Crippen molar-refractivity contribution in [3.8, 4) is 0 Å². The summed E-state index contributed by atoms with van der Waals surface area (Å²) in [6.45, 7) is 0. The summed E-state index contributed by atoms with van der Waals surface area (Å²) in [5, 5.41) is 10.5. The van der Waals surface area contributed by atoms with Crippen LogP contribution in [0.3, 0.4) is 0 Å². The van der Waals surface area contributed by atoms with Gasteiger partial charge in [0, 0.05) is 17.7 Å². The van der Waals surface area contributed by atoms with E-state index in [1.54, 1.807) is 0 Å². The fourth-order valence-electron chi connectivity index (χ4n) is 2.06. The Balaban J connectivity index is 2.07. The molecule has 1 saturated heterocycles. The average molecular weight is 288 g/mol. The van der Waals surface area contributed by atoms with Crippen molar-refractivity contribution in [3.63, 3.8) is 0 Å². The highest BCUT2D eigenvalue weighted by Crippen LogP contribution is 2.58. The molecule has 0 N–H and O–H groups in total. The average Bonchev–Trinajstić information content (AvgIpc) is 2.76. The summed E-state index contributed by atoms with van der Waals surface area (Å²) < 4.78 is 0. The molecular formula is C12H14ClNO3S. The molecule has 0 radical (unpaired) electrons. The molecule has 6 heteroatoms. The van der Waals surface area contributed by atoms with Crippen LogP contribution in [0.25, 0.3) is 0 Å². The van der Waals surface area contributed by atoms with E-state index in [0.717, 1.165) is 24.3 Å². The number of halogens is 1. The molecule has 0 unspecified atom stereocenters. The highest BCUT2D eigenvalue weighted by Gasteiger charge is 2.29. The van der Waals surface area contributed by atoms with Crippen LogP contribution in [0.2, 0.25) is 0 Å². The minimum absolute atomic E-state index is 0.000324. The van der Waals surface area contributed by atoms with Crippen molar-refractivity contribution < 1.29 is 9.72 Å². The molecule has 2 rings (SSSR count). The molecule has 4 nitrogen and oxygen atoms in total. The summed E-state index contributed by atoms with van der Waals surface area (Å²) in [6, 6.07) is 5.74. The summed E-state index contributed by atoms with van der Waals surface area (Å²) in [7, 11) is 5.16. The Labute approximate surface area is 111 Å². The van der Waals surface area contributed by atoms with E-state index in [1.165, 1.54) is 24.3 Å². The van der Waals surface area contributed by atoms with E-state index >= 15 is 0 Å². The summed E-state index contributed by atoms with van der Waals surface area (Å²) >= 11 is 0. The molecule has 1 heterocycles. The van der Waals surface area contributed by atoms with Crippen LogP contribution in [0, 0.1) is 10.1 Å². The first-order valence-electron chi connectivity index (χ1n) is 5.74. The standard InChI is InChI=1S/C12H14ClNO3S/c13-18(7-1-2-8-18)9-12(15)10-3-5-11(6-4-10)14(16)17/h3-6H,1-2,7-9H2. The molecule has 1 aromatic rings. The first-order valence-corrected chi connectivity index (χ1v) is 8.70. The third-order valence-electron chi connectivity index (χ3n) is 3.06. The van der Waals surface area contributed by atoms with Gasteiger partial charge in [-0.2, -0.15) is 9.24 Å². The largest absolute Gasteiger partial charge is 0.293 e.